The number of carbonyl (C=O) groups excluding carboxylic acids is 1. The van der Waals surface area contributed by atoms with Gasteiger partial charge in [0.15, 0.2) is 0 Å². The highest BCUT2D eigenvalue weighted by atomic mass is 79.9. The second-order valence-corrected chi connectivity index (χ2v) is 5.02. The van der Waals surface area contributed by atoms with E-state index >= 15 is 0 Å². The molecule has 5 heteroatoms. The molecule has 0 fully saturated rings. The van der Waals surface area contributed by atoms with E-state index in [2.05, 4.69) is 15.9 Å². The first-order chi connectivity index (χ1) is 8.49. The van der Waals surface area contributed by atoms with Crippen molar-refractivity contribution in [2.75, 3.05) is 0 Å². The van der Waals surface area contributed by atoms with Crippen LogP contribution in [0.2, 0.25) is 5.02 Å². The predicted molar refractivity (Wildman–Crippen MR) is 73.1 cm³/mol. The summed E-state index contributed by atoms with van der Waals surface area (Å²) in [5.41, 5.74) is 6.39. The third-order valence-corrected chi connectivity index (χ3v) is 3.19. The zero-order valence-electron chi connectivity index (χ0n) is 9.08. The standard InChI is InChI=1S/C13H8BrClFNO/c14-9-5-7(4-8(6-9)13(17)18)10-2-1-3-11(15)12(10)16/h1-6H,(H2,17,18). The summed E-state index contributed by atoms with van der Waals surface area (Å²) in [7, 11) is 0. The van der Waals surface area contributed by atoms with Crippen molar-refractivity contribution >= 4 is 33.4 Å². The lowest BCUT2D eigenvalue weighted by Crippen LogP contribution is -2.10. The van der Waals surface area contributed by atoms with E-state index in [1.165, 1.54) is 12.1 Å². The maximum atomic E-state index is 13.9. The third kappa shape index (κ3) is 2.54. The molecule has 2 nitrogen and oxygen atoms in total. The summed E-state index contributed by atoms with van der Waals surface area (Å²) in [6, 6.07) is 9.50. The van der Waals surface area contributed by atoms with Crippen LogP contribution in [0.15, 0.2) is 40.9 Å². The Hall–Kier alpha value is -1.39. The number of nitrogens with two attached hydrogens (primary N) is 1. The minimum absolute atomic E-state index is 0.0353. The minimum Gasteiger partial charge on any atom is -0.366 e. The molecule has 2 aromatic rings. The zero-order chi connectivity index (χ0) is 13.3. The molecule has 0 aromatic heterocycles. The molecule has 0 saturated heterocycles. The van der Waals surface area contributed by atoms with Gasteiger partial charge in [0.2, 0.25) is 5.91 Å². The number of primary amides is 1. The number of amides is 1. The van der Waals surface area contributed by atoms with Crippen LogP contribution in [0.3, 0.4) is 0 Å². The fourth-order valence-electron chi connectivity index (χ4n) is 1.61. The number of hydrogen-bond donors (Lipinski definition) is 1. The molecule has 0 aliphatic rings. The smallest absolute Gasteiger partial charge is 0.248 e. The SMILES string of the molecule is NC(=O)c1cc(Br)cc(-c2cccc(Cl)c2F)c1. The molecule has 0 saturated carbocycles. The number of rotatable bonds is 2. The van der Waals surface area contributed by atoms with Crippen LogP contribution >= 0.6 is 27.5 Å². The van der Waals surface area contributed by atoms with Gasteiger partial charge in [-0.2, -0.15) is 0 Å². The van der Waals surface area contributed by atoms with Crippen LogP contribution in [0, 0.1) is 5.82 Å². The number of hydrogen-bond acceptors (Lipinski definition) is 1. The van der Waals surface area contributed by atoms with Crippen molar-refractivity contribution in [3.63, 3.8) is 0 Å². The van der Waals surface area contributed by atoms with E-state index < -0.39 is 11.7 Å². The van der Waals surface area contributed by atoms with Gasteiger partial charge in [-0.05, 0) is 29.8 Å². The number of carbonyl (C=O) groups is 1. The highest BCUT2D eigenvalue weighted by molar-refractivity contribution is 9.10. The molecule has 0 bridgehead atoms. The Morgan fingerprint density at radius 3 is 2.67 bits per heavy atom. The zero-order valence-corrected chi connectivity index (χ0v) is 11.4. The van der Waals surface area contributed by atoms with E-state index in [0.717, 1.165) is 0 Å². The highest BCUT2D eigenvalue weighted by Gasteiger charge is 2.11. The van der Waals surface area contributed by atoms with Gasteiger partial charge in [0.25, 0.3) is 0 Å². The molecule has 2 rings (SSSR count). The van der Waals surface area contributed by atoms with Gasteiger partial charge >= 0.3 is 0 Å². The first kappa shape index (κ1) is 13.1. The average Bonchev–Trinajstić information content (AvgIpc) is 2.31. The van der Waals surface area contributed by atoms with E-state index in [1.54, 1.807) is 24.3 Å². The largest absolute Gasteiger partial charge is 0.366 e. The number of halogens is 3. The molecule has 2 N–H and O–H groups in total. The van der Waals surface area contributed by atoms with Gasteiger partial charge in [-0.1, -0.05) is 39.7 Å². The molecule has 0 aliphatic carbocycles. The molecule has 18 heavy (non-hydrogen) atoms. The normalized spacial score (nSPS) is 10.4. The maximum Gasteiger partial charge on any atom is 0.248 e. The van der Waals surface area contributed by atoms with Gasteiger partial charge in [-0.3, -0.25) is 4.79 Å². The van der Waals surface area contributed by atoms with Crippen LogP contribution in [-0.4, -0.2) is 5.91 Å². The summed E-state index contributed by atoms with van der Waals surface area (Å²) >= 11 is 8.99. The van der Waals surface area contributed by atoms with Gasteiger partial charge in [0, 0.05) is 15.6 Å². The van der Waals surface area contributed by atoms with E-state index in [9.17, 15) is 9.18 Å². The van der Waals surface area contributed by atoms with Crippen LogP contribution in [0.1, 0.15) is 10.4 Å². The van der Waals surface area contributed by atoms with Crippen molar-refractivity contribution in [3.8, 4) is 11.1 Å². The summed E-state index contributed by atoms with van der Waals surface area (Å²) in [5, 5.41) is 0.0353. The van der Waals surface area contributed by atoms with Crippen molar-refractivity contribution in [1.82, 2.24) is 0 Å². The van der Waals surface area contributed by atoms with Crippen LogP contribution < -0.4 is 5.73 Å². The molecule has 0 unspecified atom stereocenters. The molecular weight excluding hydrogens is 321 g/mol. The first-order valence-corrected chi connectivity index (χ1v) is 6.21. The van der Waals surface area contributed by atoms with Crippen molar-refractivity contribution in [2.45, 2.75) is 0 Å². The maximum absolute atomic E-state index is 13.9. The lowest BCUT2D eigenvalue weighted by molar-refractivity contribution is 0.100. The summed E-state index contributed by atoms with van der Waals surface area (Å²) < 4.78 is 14.5. The van der Waals surface area contributed by atoms with Gasteiger partial charge in [0.05, 0.1) is 5.02 Å². The lowest BCUT2D eigenvalue weighted by atomic mass is 10.0. The molecule has 0 radical (unpaired) electrons. The fraction of sp³-hybridized carbons (Fsp3) is 0. The molecule has 0 spiro atoms. The second kappa shape index (κ2) is 5.08. The molecule has 0 aliphatic heterocycles. The quantitative estimate of drug-likeness (QED) is 0.889. The molecule has 2 aromatic carbocycles. The van der Waals surface area contributed by atoms with Crippen LogP contribution in [-0.2, 0) is 0 Å². The highest BCUT2D eigenvalue weighted by Crippen LogP contribution is 2.30. The van der Waals surface area contributed by atoms with Crippen LogP contribution in [0.25, 0.3) is 11.1 Å². The molecule has 0 heterocycles. The van der Waals surface area contributed by atoms with Gasteiger partial charge in [-0.15, -0.1) is 0 Å². The molecule has 92 valence electrons. The van der Waals surface area contributed by atoms with E-state index in [1.807, 2.05) is 0 Å². The number of benzene rings is 2. The lowest BCUT2D eigenvalue weighted by Gasteiger charge is -2.07. The van der Waals surface area contributed by atoms with E-state index in [-0.39, 0.29) is 5.02 Å². The Morgan fingerprint density at radius 2 is 2.00 bits per heavy atom. The Morgan fingerprint density at radius 1 is 1.28 bits per heavy atom. The average molecular weight is 329 g/mol. The summed E-state index contributed by atoms with van der Waals surface area (Å²) in [6.45, 7) is 0. The van der Waals surface area contributed by atoms with Crippen molar-refractivity contribution < 1.29 is 9.18 Å². The second-order valence-electron chi connectivity index (χ2n) is 3.69. The fourth-order valence-corrected chi connectivity index (χ4v) is 2.28. The van der Waals surface area contributed by atoms with Crippen molar-refractivity contribution in [2.24, 2.45) is 5.73 Å². The van der Waals surface area contributed by atoms with Gasteiger partial charge in [-0.25, -0.2) is 4.39 Å². The first-order valence-electron chi connectivity index (χ1n) is 5.04. The predicted octanol–water partition coefficient (Wildman–Crippen LogP) is 4.01. The third-order valence-electron chi connectivity index (χ3n) is 2.44. The van der Waals surface area contributed by atoms with Gasteiger partial charge < -0.3 is 5.73 Å². The Labute approximate surface area is 117 Å². The van der Waals surface area contributed by atoms with Crippen molar-refractivity contribution in [3.05, 3.63) is 57.3 Å². The van der Waals surface area contributed by atoms with Gasteiger partial charge in [0.1, 0.15) is 5.82 Å². The summed E-state index contributed by atoms with van der Waals surface area (Å²) in [5.74, 6) is -1.09. The monoisotopic (exact) mass is 327 g/mol. The van der Waals surface area contributed by atoms with Crippen molar-refractivity contribution in [1.29, 1.82) is 0 Å². The molecule has 1 amide bonds. The summed E-state index contributed by atoms with van der Waals surface area (Å²) in [6.07, 6.45) is 0. The van der Waals surface area contributed by atoms with Crippen LogP contribution in [0.5, 0.6) is 0 Å². The topological polar surface area (TPSA) is 43.1 Å². The van der Waals surface area contributed by atoms with E-state index in [0.29, 0.717) is 21.2 Å². The Bertz CT molecular complexity index is 630. The molecule has 0 atom stereocenters. The molecular formula is C13H8BrClFNO. The Balaban J connectivity index is 2.64. The minimum atomic E-state index is -0.569. The van der Waals surface area contributed by atoms with Crippen LogP contribution in [0.4, 0.5) is 4.39 Å². The summed E-state index contributed by atoms with van der Waals surface area (Å²) in [4.78, 5) is 11.2. The Kier molecular flexibility index (Phi) is 3.68. The van der Waals surface area contributed by atoms with E-state index in [4.69, 9.17) is 17.3 Å².